The number of benzene rings is 1. The number of aryl methyl sites for hydroxylation is 3. The number of aromatic nitrogens is 2. The van der Waals surface area contributed by atoms with Gasteiger partial charge in [0.1, 0.15) is 0 Å². The molecule has 0 unspecified atom stereocenters. The second-order valence-electron chi connectivity index (χ2n) is 4.52. The van der Waals surface area contributed by atoms with Gasteiger partial charge >= 0.3 is 0 Å². The highest BCUT2D eigenvalue weighted by Gasteiger charge is 2.13. The third-order valence-electron chi connectivity index (χ3n) is 3.32. The molecule has 3 nitrogen and oxygen atoms in total. The fourth-order valence-electron chi connectivity index (χ4n) is 2.23. The molecule has 3 heteroatoms. The molecule has 0 atom stereocenters. The zero-order valence-corrected chi connectivity index (χ0v) is 10.9. The van der Waals surface area contributed by atoms with E-state index in [1.165, 1.54) is 22.4 Å². The molecular weight excluding hydrogens is 210 g/mol. The molecule has 0 saturated carbocycles. The van der Waals surface area contributed by atoms with Crippen molar-refractivity contribution >= 4 is 0 Å². The first-order chi connectivity index (χ1) is 8.04. The normalized spacial score (nSPS) is 10.9. The molecule has 2 rings (SSSR count). The van der Waals surface area contributed by atoms with E-state index in [0.29, 0.717) is 6.54 Å². The lowest BCUT2D eigenvalue weighted by Gasteiger charge is -2.09. The van der Waals surface area contributed by atoms with Crippen LogP contribution in [0.4, 0.5) is 0 Å². The van der Waals surface area contributed by atoms with E-state index < -0.39 is 0 Å². The molecule has 2 N–H and O–H groups in total. The van der Waals surface area contributed by atoms with E-state index in [-0.39, 0.29) is 0 Å². The summed E-state index contributed by atoms with van der Waals surface area (Å²) in [5.74, 6) is 0. The second kappa shape index (κ2) is 4.34. The van der Waals surface area contributed by atoms with Crippen LogP contribution in [-0.2, 0) is 13.6 Å². The third kappa shape index (κ3) is 1.98. The molecule has 0 saturated heterocycles. The molecule has 0 aliphatic rings. The standard InChI is InChI=1S/C14H19N3/c1-9-5-6-12(8-15)7-13(9)14-10(2)16-17(4)11(14)3/h5-7H,8,15H2,1-4H3. The predicted molar refractivity (Wildman–Crippen MR) is 70.7 cm³/mol. The number of nitrogens with two attached hydrogens (primary N) is 1. The lowest BCUT2D eigenvalue weighted by atomic mass is 9.96. The van der Waals surface area contributed by atoms with Crippen LogP contribution in [-0.4, -0.2) is 9.78 Å². The van der Waals surface area contributed by atoms with Crippen LogP contribution in [0.15, 0.2) is 18.2 Å². The van der Waals surface area contributed by atoms with E-state index in [2.05, 4.69) is 44.1 Å². The summed E-state index contributed by atoms with van der Waals surface area (Å²) in [5, 5.41) is 4.47. The van der Waals surface area contributed by atoms with Crippen LogP contribution < -0.4 is 5.73 Å². The zero-order valence-electron chi connectivity index (χ0n) is 10.9. The van der Waals surface area contributed by atoms with E-state index in [1.54, 1.807) is 0 Å². The highest BCUT2D eigenvalue weighted by atomic mass is 15.3. The van der Waals surface area contributed by atoms with Crippen molar-refractivity contribution in [2.24, 2.45) is 12.8 Å². The first kappa shape index (κ1) is 11.9. The van der Waals surface area contributed by atoms with Gasteiger partial charge in [0, 0.05) is 24.8 Å². The summed E-state index contributed by atoms with van der Waals surface area (Å²) in [6.07, 6.45) is 0. The van der Waals surface area contributed by atoms with Gasteiger partial charge < -0.3 is 5.73 Å². The van der Waals surface area contributed by atoms with Crippen LogP contribution in [0.2, 0.25) is 0 Å². The maximum Gasteiger partial charge on any atom is 0.0674 e. The summed E-state index contributed by atoms with van der Waals surface area (Å²) in [6.45, 7) is 6.86. The van der Waals surface area contributed by atoms with Crippen molar-refractivity contribution in [2.75, 3.05) is 0 Å². The van der Waals surface area contributed by atoms with E-state index in [9.17, 15) is 0 Å². The minimum Gasteiger partial charge on any atom is -0.326 e. The Balaban J connectivity index is 2.67. The average Bonchev–Trinajstić information content (AvgIpc) is 2.55. The Bertz CT molecular complexity index is 553. The molecule has 0 aliphatic carbocycles. The molecule has 0 radical (unpaired) electrons. The van der Waals surface area contributed by atoms with Gasteiger partial charge in [-0.1, -0.05) is 12.1 Å². The fourth-order valence-corrected chi connectivity index (χ4v) is 2.23. The molecule has 1 aromatic heterocycles. The van der Waals surface area contributed by atoms with Gasteiger partial charge in [-0.05, 0) is 43.5 Å². The Kier molecular flexibility index (Phi) is 3.03. The van der Waals surface area contributed by atoms with E-state index in [1.807, 2.05) is 11.7 Å². The number of nitrogens with zero attached hydrogens (tertiary/aromatic N) is 2. The largest absolute Gasteiger partial charge is 0.326 e. The average molecular weight is 229 g/mol. The van der Waals surface area contributed by atoms with Gasteiger partial charge in [0.25, 0.3) is 0 Å². The minimum absolute atomic E-state index is 0.575. The van der Waals surface area contributed by atoms with Crippen LogP contribution >= 0.6 is 0 Å². The van der Waals surface area contributed by atoms with Gasteiger partial charge in [-0.25, -0.2) is 0 Å². The Labute approximate surface area is 102 Å². The van der Waals surface area contributed by atoms with Gasteiger partial charge in [-0.2, -0.15) is 5.10 Å². The summed E-state index contributed by atoms with van der Waals surface area (Å²) in [6, 6.07) is 6.38. The highest BCUT2D eigenvalue weighted by molar-refractivity contribution is 5.72. The summed E-state index contributed by atoms with van der Waals surface area (Å²) < 4.78 is 1.93. The molecule has 1 heterocycles. The Morgan fingerprint density at radius 1 is 1.24 bits per heavy atom. The number of hydrogen-bond acceptors (Lipinski definition) is 2. The van der Waals surface area contributed by atoms with Crippen LogP contribution in [0.5, 0.6) is 0 Å². The molecule has 90 valence electrons. The van der Waals surface area contributed by atoms with Crippen LogP contribution in [0.3, 0.4) is 0 Å². The van der Waals surface area contributed by atoms with Crippen molar-refractivity contribution in [3.63, 3.8) is 0 Å². The molecule has 0 amide bonds. The van der Waals surface area contributed by atoms with E-state index in [0.717, 1.165) is 11.3 Å². The Morgan fingerprint density at radius 2 is 1.94 bits per heavy atom. The summed E-state index contributed by atoms with van der Waals surface area (Å²) in [4.78, 5) is 0. The summed E-state index contributed by atoms with van der Waals surface area (Å²) >= 11 is 0. The van der Waals surface area contributed by atoms with Crippen molar-refractivity contribution in [3.8, 4) is 11.1 Å². The van der Waals surface area contributed by atoms with Gasteiger partial charge in [-0.3, -0.25) is 4.68 Å². The first-order valence-corrected chi connectivity index (χ1v) is 5.84. The number of hydrogen-bond donors (Lipinski definition) is 1. The molecule has 0 aliphatic heterocycles. The SMILES string of the molecule is Cc1ccc(CN)cc1-c1c(C)nn(C)c1C. The van der Waals surface area contributed by atoms with Crippen molar-refractivity contribution < 1.29 is 0 Å². The molecule has 2 aromatic rings. The van der Waals surface area contributed by atoms with Gasteiger partial charge in [0.15, 0.2) is 0 Å². The van der Waals surface area contributed by atoms with E-state index in [4.69, 9.17) is 5.73 Å². The van der Waals surface area contributed by atoms with Crippen LogP contribution in [0.25, 0.3) is 11.1 Å². The molecular formula is C14H19N3. The number of rotatable bonds is 2. The monoisotopic (exact) mass is 229 g/mol. The molecule has 0 fully saturated rings. The quantitative estimate of drug-likeness (QED) is 0.859. The molecule has 1 aromatic carbocycles. The van der Waals surface area contributed by atoms with Crippen LogP contribution in [0, 0.1) is 20.8 Å². The maximum absolute atomic E-state index is 5.71. The van der Waals surface area contributed by atoms with Crippen LogP contribution in [0.1, 0.15) is 22.5 Å². The smallest absolute Gasteiger partial charge is 0.0674 e. The van der Waals surface area contributed by atoms with E-state index >= 15 is 0 Å². The lowest BCUT2D eigenvalue weighted by Crippen LogP contribution is -1.98. The topological polar surface area (TPSA) is 43.8 Å². The first-order valence-electron chi connectivity index (χ1n) is 5.84. The lowest BCUT2D eigenvalue weighted by molar-refractivity contribution is 0.731. The second-order valence-corrected chi connectivity index (χ2v) is 4.52. The highest BCUT2D eigenvalue weighted by Crippen LogP contribution is 2.30. The van der Waals surface area contributed by atoms with Gasteiger partial charge in [0.2, 0.25) is 0 Å². The predicted octanol–water partition coefficient (Wildman–Crippen LogP) is 2.47. The molecule has 0 bridgehead atoms. The van der Waals surface area contributed by atoms with Crippen molar-refractivity contribution in [2.45, 2.75) is 27.3 Å². The Morgan fingerprint density at radius 3 is 2.47 bits per heavy atom. The van der Waals surface area contributed by atoms with Gasteiger partial charge in [0.05, 0.1) is 5.69 Å². The van der Waals surface area contributed by atoms with Crippen molar-refractivity contribution in [1.82, 2.24) is 9.78 Å². The third-order valence-corrected chi connectivity index (χ3v) is 3.32. The maximum atomic E-state index is 5.71. The van der Waals surface area contributed by atoms with Gasteiger partial charge in [-0.15, -0.1) is 0 Å². The zero-order chi connectivity index (χ0) is 12.6. The fraction of sp³-hybridized carbons (Fsp3) is 0.357. The Hall–Kier alpha value is -1.61. The molecule has 0 spiro atoms. The minimum atomic E-state index is 0.575. The summed E-state index contributed by atoms with van der Waals surface area (Å²) in [7, 11) is 1.98. The summed E-state index contributed by atoms with van der Waals surface area (Å²) in [5.41, 5.74) is 12.9. The van der Waals surface area contributed by atoms with Crippen molar-refractivity contribution in [3.05, 3.63) is 40.7 Å². The molecule has 17 heavy (non-hydrogen) atoms. The van der Waals surface area contributed by atoms with Crippen molar-refractivity contribution in [1.29, 1.82) is 0 Å².